The van der Waals surface area contributed by atoms with E-state index in [9.17, 15) is 14.4 Å². The molecule has 0 spiro atoms. The van der Waals surface area contributed by atoms with E-state index in [1.807, 2.05) is 36.5 Å². The summed E-state index contributed by atoms with van der Waals surface area (Å²) in [4.78, 5) is 40.9. The van der Waals surface area contributed by atoms with Crippen molar-refractivity contribution in [2.45, 2.75) is 38.8 Å². The fourth-order valence-corrected chi connectivity index (χ4v) is 3.89. The number of H-pyrrole nitrogens is 1. The Morgan fingerprint density at radius 2 is 1.71 bits per heavy atom. The molecule has 0 saturated carbocycles. The van der Waals surface area contributed by atoms with E-state index in [1.54, 1.807) is 45.0 Å². The van der Waals surface area contributed by atoms with Gasteiger partial charge in [0.05, 0.1) is 5.75 Å². The summed E-state index contributed by atoms with van der Waals surface area (Å²) in [6, 6.07) is 15.8. The number of Topliss-reactive ketones (excluding diaryl/α,β-unsaturated/α-hetero) is 1. The van der Waals surface area contributed by atoms with Crippen molar-refractivity contribution in [2.24, 2.45) is 0 Å². The first-order valence-electron chi connectivity index (χ1n) is 10.0. The van der Waals surface area contributed by atoms with Crippen molar-refractivity contribution in [1.82, 2.24) is 10.3 Å². The molecule has 1 amide bonds. The number of carbonyl (C=O) groups is 3. The van der Waals surface area contributed by atoms with Crippen molar-refractivity contribution in [1.29, 1.82) is 0 Å². The van der Waals surface area contributed by atoms with E-state index in [1.165, 1.54) is 0 Å². The summed E-state index contributed by atoms with van der Waals surface area (Å²) >= 11 is 0.906. The summed E-state index contributed by atoms with van der Waals surface area (Å²) in [7, 11) is 0. The Balaban J connectivity index is 1.73. The zero-order chi connectivity index (χ0) is 22.4. The molecule has 1 atom stereocenters. The molecule has 3 aromatic rings. The van der Waals surface area contributed by atoms with Crippen LogP contribution in [0.2, 0.25) is 0 Å². The summed E-state index contributed by atoms with van der Waals surface area (Å²) in [5, 5.41) is 3.37. The van der Waals surface area contributed by atoms with Gasteiger partial charge in [-0.3, -0.25) is 9.59 Å². The van der Waals surface area contributed by atoms with Crippen molar-refractivity contribution in [3.8, 4) is 0 Å². The molecule has 0 fully saturated rings. The quantitative estimate of drug-likeness (QED) is 0.520. The van der Waals surface area contributed by atoms with Gasteiger partial charge in [0.2, 0.25) is 5.12 Å². The summed E-state index contributed by atoms with van der Waals surface area (Å²) in [6.45, 7) is 5.28. The molecule has 1 aromatic heterocycles. The normalized spacial score (nSPS) is 12.4. The van der Waals surface area contributed by atoms with Crippen LogP contribution in [-0.2, 0) is 16.0 Å². The average Bonchev–Trinajstić information content (AvgIpc) is 3.13. The second-order valence-corrected chi connectivity index (χ2v) is 9.14. The largest absolute Gasteiger partial charge is 0.444 e. The second-order valence-electron chi connectivity index (χ2n) is 8.16. The number of aromatic amines is 1. The number of hydrogen-bond acceptors (Lipinski definition) is 5. The highest BCUT2D eigenvalue weighted by Crippen LogP contribution is 2.21. The standard InChI is InChI=1S/C24H26N2O4S/c1-24(2,3)30-23(29)26-20(13-17-14-25-19-12-8-7-11-18(17)19)22(28)31-15-21(27)16-9-5-4-6-10-16/h4-12,14,20,25H,13,15H2,1-3H3,(H,26,29)/t20-/m0/s1. The van der Waals surface area contributed by atoms with Crippen LogP contribution in [0, 0.1) is 0 Å². The molecule has 0 aliphatic heterocycles. The number of nitrogens with one attached hydrogen (secondary N) is 2. The third-order valence-electron chi connectivity index (χ3n) is 4.52. The van der Waals surface area contributed by atoms with E-state index in [0.717, 1.165) is 28.2 Å². The summed E-state index contributed by atoms with van der Waals surface area (Å²) in [5.74, 6) is -0.134. The predicted molar refractivity (Wildman–Crippen MR) is 123 cm³/mol. The number of carbonyl (C=O) groups excluding carboxylic acids is 3. The molecule has 2 aromatic carbocycles. The van der Waals surface area contributed by atoms with Gasteiger partial charge in [-0.15, -0.1) is 0 Å². The van der Waals surface area contributed by atoms with Gasteiger partial charge in [0.1, 0.15) is 11.6 Å². The highest BCUT2D eigenvalue weighted by molar-refractivity contribution is 8.14. The summed E-state index contributed by atoms with van der Waals surface area (Å²) < 4.78 is 5.33. The van der Waals surface area contributed by atoms with Crippen LogP contribution in [0.5, 0.6) is 0 Å². The number of alkyl carbamates (subject to hydrolysis) is 1. The van der Waals surface area contributed by atoms with Crippen LogP contribution in [0.1, 0.15) is 36.7 Å². The van der Waals surface area contributed by atoms with Crippen molar-refractivity contribution in [3.05, 3.63) is 71.9 Å². The van der Waals surface area contributed by atoms with E-state index in [4.69, 9.17) is 4.74 Å². The maximum atomic E-state index is 13.0. The number of ketones is 1. The molecule has 6 nitrogen and oxygen atoms in total. The van der Waals surface area contributed by atoms with Gasteiger partial charge < -0.3 is 15.0 Å². The number of fused-ring (bicyclic) bond motifs is 1. The summed E-state index contributed by atoms with van der Waals surface area (Å²) in [6.07, 6.45) is 1.46. The highest BCUT2D eigenvalue weighted by atomic mass is 32.2. The number of rotatable bonds is 7. The molecule has 162 valence electrons. The lowest BCUT2D eigenvalue weighted by atomic mass is 10.1. The fraction of sp³-hybridized carbons (Fsp3) is 0.292. The molecular weight excluding hydrogens is 412 g/mol. The Kier molecular flexibility index (Phi) is 7.17. The van der Waals surface area contributed by atoms with Crippen LogP contribution in [-0.4, -0.2) is 39.4 Å². The number of thioether (sulfide) groups is 1. The SMILES string of the molecule is CC(C)(C)OC(=O)N[C@@H](Cc1c[nH]c2ccccc12)C(=O)SCC(=O)c1ccccc1. The molecule has 0 radical (unpaired) electrons. The first-order chi connectivity index (χ1) is 14.7. The predicted octanol–water partition coefficient (Wildman–Crippen LogP) is 4.75. The second kappa shape index (κ2) is 9.83. The highest BCUT2D eigenvalue weighted by Gasteiger charge is 2.26. The molecule has 7 heteroatoms. The Labute approximate surface area is 185 Å². The molecule has 0 unspecified atom stereocenters. The minimum atomic E-state index is -0.831. The van der Waals surface area contributed by atoms with E-state index < -0.39 is 17.7 Å². The first-order valence-corrected chi connectivity index (χ1v) is 11.0. The Bertz CT molecular complexity index is 1070. The first kappa shape index (κ1) is 22.6. The fourth-order valence-electron chi connectivity index (χ4n) is 3.11. The van der Waals surface area contributed by atoms with E-state index in [-0.39, 0.29) is 23.1 Å². The van der Waals surface area contributed by atoms with Crippen molar-refractivity contribution in [3.63, 3.8) is 0 Å². The zero-order valence-corrected chi connectivity index (χ0v) is 18.6. The van der Waals surface area contributed by atoms with Gasteiger partial charge >= 0.3 is 6.09 Å². The van der Waals surface area contributed by atoms with E-state index >= 15 is 0 Å². The third kappa shape index (κ3) is 6.46. The van der Waals surface area contributed by atoms with E-state index in [2.05, 4.69) is 10.3 Å². The third-order valence-corrected chi connectivity index (χ3v) is 5.49. The number of aromatic nitrogens is 1. The average molecular weight is 439 g/mol. The number of benzene rings is 2. The minimum Gasteiger partial charge on any atom is -0.444 e. The van der Waals surface area contributed by atoms with Gasteiger partial charge in [0.15, 0.2) is 5.78 Å². The number of para-hydroxylation sites is 1. The topological polar surface area (TPSA) is 88.3 Å². The van der Waals surface area contributed by atoms with Gasteiger partial charge in [-0.2, -0.15) is 0 Å². The van der Waals surface area contributed by atoms with Crippen molar-refractivity contribution in [2.75, 3.05) is 5.75 Å². The number of ether oxygens (including phenoxy) is 1. The molecule has 2 N–H and O–H groups in total. The van der Waals surface area contributed by atoms with Crippen LogP contribution in [0.25, 0.3) is 10.9 Å². The van der Waals surface area contributed by atoms with Crippen LogP contribution in [0.15, 0.2) is 60.8 Å². The zero-order valence-electron chi connectivity index (χ0n) is 17.8. The Hall–Kier alpha value is -3.06. The van der Waals surface area contributed by atoms with Crippen LogP contribution in [0.4, 0.5) is 4.79 Å². The van der Waals surface area contributed by atoms with Gasteiger partial charge in [-0.25, -0.2) is 4.79 Å². The van der Waals surface area contributed by atoms with Gasteiger partial charge in [0, 0.05) is 29.1 Å². The maximum absolute atomic E-state index is 13.0. The van der Waals surface area contributed by atoms with Gasteiger partial charge in [0.25, 0.3) is 0 Å². The molecule has 0 saturated heterocycles. The van der Waals surface area contributed by atoms with Crippen LogP contribution in [0.3, 0.4) is 0 Å². The molecule has 0 aliphatic rings. The minimum absolute atomic E-state index is 0.00320. The lowest BCUT2D eigenvalue weighted by Crippen LogP contribution is -2.44. The molecule has 1 heterocycles. The van der Waals surface area contributed by atoms with Gasteiger partial charge in [-0.05, 0) is 32.4 Å². The smallest absolute Gasteiger partial charge is 0.408 e. The lowest BCUT2D eigenvalue weighted by Gasteiger charge is -2.23. The van der Waals surface area contributed by atoms with Crippen molar-refractivity contribution < 1.29 is 19.1 Å². The molecule has 3 rings (SSSR count). The van der Waals surface area contributed by atoms with Crippen LogP contribution >= 0.6 is 11.8 Å². The van der Waals surface area contributed by atoms with Gasteiger partial charge in [-0.1, -0.05) is 60.3 Å². The number of hydrogen-bond donors (Lipinski definition) is 2. The van der Waals surface area contributed by atoms with E-state index in [0.29, 0.717) is 5.56 Å². The maximum Gasteiger partial charge on any atom is 0.408 e. The molecule has 0 aliphatic carbocycles. The molecule has 0 bridgehead atoms. The molecule has 31 heavy (non-hydrogen) atoms. The summed E-state index contributed by atoms with van der Waals surface area (Å²) in [5.41, 5.74) is 1.72. The van der Waals surface area contributed by atoms with Crippen molar-refractivity contribution >= 4 is 39.7 Å². The van der Waals surface area contributed by atoms with Crippen LogP contribution < -0.4 is 5.32 Å². The Morgan fingerprint density at radius 1 is 1.03 bits per heavy atom. The molecular formula is C24H26N2O4S. The Morgan fingerprint density at radius 3 is 2.42 bits per heavy atom. The monoisotopic (exact) mass is 438 g/mol. The lowest BCUT2D eigenvalue weighted by molar-refractivity contribution is -0.112. The number of amides is 1.